The Labute approximate surface area is 120 Å². The van der Waals surface area contributed by atoms with Crippen LogP contribution in [0.1, 0.15) is 17.3 Å². The van der Waals surface area contributed by atoms with E-state index in [1.807, 2.05) is 0 Å². The Morgan fingerprint density at radius 2 is 2.29 bits per heavy atom. The van der Waals surface area contributed by atoms with Crippen LogP contribution in [0.3, 0.4) is 0 Å². The summed E-state index contributed by atoms with van der Waals surface area (Å²) in [5.74, 6) is 4.57. The second-order valence-corrected chi connectivity index (χ2v) is 4.57. The third-order valence-corrected chi connectivity index (χ3v) is 3.37. The monoisotopic (exact) mass is 293 g/mol. The van der Waals surface area contributed by atoms with Crippen LogP contribution in [-0.2, 0) is 4.79 Å². The van der Waals surface area contributed by atoms with Gasteiger partial charge in [0.2, 0.25) is 5.91 Å². The third kappa shape index (κ3) is 2.63. The summed E-state index contributed by atoms with van der Waals surface area (Å²) in [6.07, 6.45) is 0. The molecule has 0 saturated carbocycles. The SMILES string of the molecule is CC1C(=O)NCCN1C(=O)c1cccc([N+](=O)[O-])c1NN. The standard InChI is InChI=1S/C12H15N5O4/c1-7-11(18)14-5-6-16(7)12(19)8-3-2-4-9(17(20)21)10(8)15-13/h2-4,7,15H,5-6,13H2,1H3,(H,14,18). The zero-order chi connectivity index (χ0) is 15.6. The first-order valence-corrected chi connectivity index (χ1v) is 6.30. The Hall–Kier alpha value is -2.68. The molecule has 4 N–H and O–H groups in total. The summed E-state index contributed by atoms with van der Waals surface area (Å²) < 4.78 is 0. The van der Waals surface area contributed by atoms with Gasteiger partial charge < -0.3 is 15.6 Å². The number of rotatable bonds is 3. The van der Waals surface area contributed by atoms with Crippen molar-refractivity contribution in [2.24, 2.45) is 5.84 Å². The van der Waals surface area contributed by atoms with Crippen LogP contribution >= 0.6 is 0 Å². The molecule has 1 aliphatic rings. The molecule has 1 heterocycles. The Kier molecular flexibility index (Phi) is 4.03. The van der Waals surface area contributed by atoms with E-state index in [2.05, 4.69) is 10.7 Å². The number of nitrogens with one attached hydrogen (secondary N) is 2. The summed E-state index contributed by atoms with van der Waals surface area (Å²) in [6.45, 7) is 2.27. The maximum atomic E-state index is 12.5. The number of nitro groups is 1. The molecule has 0 aliphatic carbocycles. The molecule has 0 aromatic heterocycles. The second kappa shape index (κ2) is 5.75. The van der Waals surface area contributed by atoms with E-state index in [1.165, 1.54) is 23.1 Å². The van der Waals surface area contributed by atoms with Crippen LogP contribution in [0.4, 0.5) is 11.4 Å². The van der Waals surface area contributed by atoms with Crippen molar-refractivity contribution < 1.29 is 14.5 Å². The quantitative estimate of drug-likeness (QED) is 0.403. The lowest BCUT2D eigenvalue weighted by Crippen LogP contribution is -2.55. The zero-order valence-electron chi connectivity index (χ0n) is 11.3. The van der Waals surface area contributed by atoms with Crippen molar-refractivity contribution >= 4 is 23.2 Å². The molecule has 1 atom stereocenters. The lowest BCUT2D eigenvalue weighted by Gasteiger charge is -2.33. The van der Waals surface area contributed by atoms with Crippen molar-refractivity contribution in [1.82, 2.24) is 10.2 Å². The molecule has 1 aliphatic heterocycles. The van der Waals surface area contributed by atoms with E-state index in [0.29, 0.717) is 13.1 Å². The predicted molar refractivity (Wildman–Crippen MR) is 74.4 cm³/mol. The van der Waals surface area contributed by atoms with Crippen LogP contribution in [0, 0.1) is 10.1 Å². The summed E-state index contributed by atoms with van der Waals surface area (Å²) in [5.41, 5.74) is 1.91. The number of benzene rings is 1. The highest BCUT2D eigenvalue weighted by Gasteiger charge is 2.32. The molecule has 112 valence electrons. The van der Waals surface area contributed by atoms with E-state index in [9.17, 15) is 19.7 Å². The number of amides is 2. The molecule has 0 radical (unpaired) electrons. The van der Waals surface area contributed by atoms with Gasteiger partial charge in [0.15, 0.2) is 0 Å². The molecular weight excluding hydrogens is 278 g/mol. The van der Waals surface area contributed by atoms with Gasteiger partial charge in [-0.3, -0.25) is 25.5 Å². The first-order valence-electron chi connectivity index (χ1n) is 6.30. The molecule has 1 saturated heterocycles. The zero-order valence-corrected chi connectivity index (χ0v) is 11.3. The number of hydrazine groups is 1. The number of carbonyl (C=O) groups excluding carboxylic acids is 2. The number of piperazine rings is 1. The lowest BCUT2D eigenvalue weighted by atomic mass is 10.1. The van der Waals surface area contributed by atoms with Gasteiger partial charge in [0.1, 0.15) is 11.7 Å². The van der Waals surface area contributed by atoms with E-state index < -0.39 is 16.9 Å². The van der Waals surface area contributed by atoms with Gasteiger partial charge in [0.05, 0.1) is 10.5 Å². The second-order valence-electron chi connectivity index (χ2n) is 4.57. The molecule has 1 aromatic carbocycles. The highest BCUT2D eigenvalue weighted by atomic mass is 16.6. The van der Waals surface area contributed by atoms with Crippen molar-refractivity contribution in [2.75, 3.05) is 18.5 Å². The fraction of sp³-hybridized carbons (Fsp3) is 0.333. The van der Waals surface area contributed by atoms with Crippen molar-refractivity contribution in [3.05, 3.63) is 33.9 Å². The maximum absolute atomic E-state index is 12.5. The van der Waals surface area contributed by atoms with Crippen LogP contribution in [0.2, 0.25) is 0 Å². The number of anilines is 1. The molecule has 1 aromatic rings. The number of carbonyl (C=O) groups is 2. The number of nitro benzene ring substituents is 1. The molecule has 1 unspecified atom stereocenters. The first-order chi connectivity index (χ1) is 9.97. The predicted octanol–water partition coefficient (Wildman–Crippen LogP) is -0.159. The molecule has 9 heteroatoms. The lowest BCUT2D eigenvalue weighted by molar-refractivity contribution is -0.384. The van der Waals surface area contributed by atoms with Gasteiger partial charge in [-0.15, -0.1) is 0 Å². The highest BCUT2D eigenvalue weighted by Crippen LogP contribution is 2.28. The summed E-state index contributed by atoms with van der Waals surface area (Å²) in [7, 11) is 0. The fourth-order valence-corrected chi connectivity index (χ4v) is 2.24. The van der Waals surface area contributed by atoms with Crippen LogP contribution in [0.5, 0.6) is 0 Å². The average molecular weight is 293 g/mol. The Morgan fingerprint density at radius 3 is 2.90 bits per heavy atom. The molecular formula is C12H15N5O4. The summed E-state index contributed by atoms with van der Waals surface area (Å²) >= 11 is 0. The minimum atomic E-state index is -0.642. The van der Waals surface area contributed by atoms with Gasteiger partial charge in [-0.2, -0.15) is 0 Å². The van der Waals surface area contributed by atoms with Crippen LogP contribution in [-0.4, -0.2) is 40.8 Å². The third-order valence-electron chi connectivity index (χ3n) is 3.37. The number of hydrogen-bond acceptors (Lipinski definition) is 6. The van der Waals surface area contributed by atoms with Gasteiger partial charge in [-0.25, -0.2) is 0 Å². The smallest absolute Gasteiger partial charge is 0.294 e. The molecule has 21 heavy (non-hydrogen) atoms. The topological polar surface area (TPSA) is 131 Å². The Balaban J connectivity index is 2.41. The van der Waals surface area contributed by atoms with Crippen LogP contribution in [0.15, 0.2) is 18.2 Å². The average Bonchev–Trinajstić information content (AvgIpc) is 2.48. The van der Waals surface area contributed by atoms with Gasteiger partial charge in [-0.1, -0.05) is 6.07 Å². The van der Waals surface area contributed by atoms with E-state index >= 15 is 0 Å². The Bertz CT molecular complexity index is 603. The molecule has 2 amide bonds. The largest absolute Gasteiger partial charge is 0.353 e. The van der Waals surface area contributed by atoms with Gasteiger partial charge in [-0.05, 0) is 13.0 Å². The molecule has 1 fully saturated rings. The summed E-state index contributed by atoms with van der Waals surface area (Å²) in [4.78, 5) is 35.9. The summed E-state index contributed by atoms with van der Waals surface area (Å²) in [6, 6.07) is 3.44. The molecule has 0 bridgehead atoms. The van der Waals surface area contributed by atoms with Gasteiger partial charge in [0, 0.05) is 19.2 Å². The molecule has 2 rings (SSSR count). The Morgan fingerprint density at radius 1 is 1.57 bits per heavy atom. The molecule has 9 nitrogen and oxygen atoms in total. The minimum absolute atomic E-state index is 0.0632. The number of para-hydroxylation sites is 1. The maximum Gasteiger partial charge on any atom is 0.294 e. The van der Waals surface area contributed by atoms with E-state index in [4.69, 9.17) is 5.84 Å². The number of nitrogens with zero attached hydrogens (tertiary/aromatic N) is 2. The van der Waals surface area contributed by atoms with Gasteiger partial charge >= 0.3 is 0 Å². The minimum Gasteiger partial charge on any atom is -0.353 e. The van der Waals surface area contributed by atoms with E-state index in [0.717, 1.165) is 0 Å². The van der Waals surface area contributed by atoms with Crippen LogP contribution < -0.4 is 16.6 Å². The van der Waals surface area contributed by atoms with Crippen molar-refractivity contribution in [3.8, 4) is 0 Å². The molecule has 0 spiro atoms. The first kappa shape index (κ1) is 14.7. The highest BCUT2D eigenvalue weighted by molar-refractivity contribution is 6.03. The van der Waals surface area contributed by atoms with Crippen molar-refractivity contribution in [1.29, 1.82) is 0 Å². The van der Waals surface area contributed by atoms with E-state index in [1.54, 1.807) is 6.92 Å². The number of hydrogen-bond donors (Lipinski definition) is 3. The number of nitrogens with two attached hydrogens (primary N) is 1. The van der Waals surface area contributed by atoms with Gasteiger partial charge in [0.25, 0.3) is 11.6 Å². The normalized spacial score (nSPS) is 18.1. The van der Waals surface area contributed by atoms with Crippen molar-refractivity contribution in [2.45, 2.75) is 13.0 Å². The van der Waals surface area contributed by atoms with Crippen molar-refractivity contribution in [3.63, 3.8) is 0 Å². The van der Waals surface area contributed by atoms with Crippen LogP contribution in [0.25, 0.3) is 0 Å². The summed E-state index contributed by atoms with van der Waals surface area (Å²) in [5, 5.41) is 13.6. The van der Waals surface area contributed by atoms with E-state index in [-0.39, 0.29) is 22.8 Å². The fourth-order valence-electron chi connectivity index (χ4n) is 2.24. The number of nitrogen functional groups attached to an aromatic ring is 1.